The molecule has 5 heteroatoms. The number of benzene rings is 2. The zero-order valence-electron chi connectivity index (χ0n) is 14.3. The second kappa shape index (κ2) is 7.66. The number of hydrogen-bond donors (Lipinski definition) is 1. The van der Waals surface area contributed by atoms with E-state index in [1.165, 1.54) is 0 Å². The molecule has 0 aromatic heterocycles. The van der Waals surface area contributed by atoms with Gasteiger partial charge in [-0.15, -0.1) is 0 Å². The number of hydrogen-bond acceptors (Lipinski definition) is 4. The topological polar surface area (TPSA) is 59.9 Å². The number of amides is 1. The van der Waals surface area contributed by atoms with Crippen molar-refractivity contribution >= 4 is 17.8 Å². The van der Waals surface area contributed by atoms with E-state index in [2.05, 4.69) is 10.3 Å². The number of nitrogens with one attached hydrogen (secondary N) is 1. The summed E-state index contributed by atoms with van der Waals surface area (Å²) in [6, 6.07) is 15.1. The minimum absolute atomic E-state index is 0.217. The number of rotatable bonds is 6. The number of aliphatic imine (C=N–C) groups is 1. The van der Waals surface area contributed by atoms with E-state index in [0.717, 1.165) is 11.1 Å². The van der Waals surface area contributed by atoms with Crippen LogP contribution in [-0.4, -0.2) is 25.0 Å². The largest absolute Gasteiger partial charge is 0.490 e. The van der Waals surface area contributed by atoms with Gasteiger partial charge in [0.2, 0.25) is 0 Å². The van der Waals surface area contributed by atoms with Crippen LogP contribution >= 0.6 is 0 Å². The maximum Gasteiger partial charge on any atom is 0.275 e. The summed E-state index contributed by atoms with van der Waals surface area (Å²) in [6.45, 7) is 4.94. The van der Waals surface area contributed by atoms with Gasteiger partial charge < -0.3 is 14.8 Å². The molecule has 0 saturated heterocycles. The predicted octanol–water partition coefficient (Wildman–Crippen LogP) is 3.40. The number of amidine groups is 1. The Labute approximate surface area is 147 Å². The molecule has 1 amide bonds. The van der Waals surface area contributed by atoms with E-state index in [1.807, 2.05) is 62.4 Å². The molecule has 2 aromatic carbocycles. The molecule has 0 saturated carbocycles. The Morgan fingerprint density at radius 1 is 1.00 bits per heavy atom. The van der Waals surface area contributed by atoms with Crippen LogP contribution in [0.1, 0.15) is 25.0 Å². The van der Waals surface area contributed by atoms with E-state index in [1.54, 1.807) is 6.08 Å². The zero-order valence-corrected chi connectivity index (χ0v) is 14.3. The van der Waals surface area contributed by atoms with Gasteiger partial charge in [0.05, 0.1) is 13.2 Å². The molecule has 0 unspecified atom stereocenters. The third-order valence-electron chi connectivity index (χ3n) is 3.61. The molecule has 1 N–H and O–H groups in total. The fraction of sp³-hybridized carbons (Fsp3) is 0.200. The fourth-order valence-electron chi connectivity index (χ4n) is 2.52. The quantitative estimate of drug-likeness (QED) is 0.823. The second-order valence-electron chi connectivity index (χ2n) is 5.38. The van der Waals surface area contributed by atoms with Crippen molar-refractivity contribution in [3.8, 4) is 11.5 Å². The number of carbonyl (C=O) groups is 1. The lowest BCUT2D eigenvalue weighted by Gasteiger charge is -2.11. The molecule has 1 heterocycles. The van der Waals surface area contributed by atoms with Crippen LogP contribution in [0.25, 0.3) is 6.08 Å². The first-order valence-corrected chi connectivity index (χ1v) is 8.28. The molecule has 1 aliphatic rings. The van der Waals surface area contributed by atoms with Crippen LogP contribution in [0.2, 0.25) is 0 Å². The maximum absolute atomic E-state index is 12.2. The van der Waals surface area contributed by atoms with Crippen molar-refractivity contribution in [1.29, 1.82) is 0 Å². The monoisotopic (exact) mass is 336 g/mol. The van der Waals surface area contributed by atoms with Crippen molar-refractivity contribution in [2.75, 3.05) is 13.2 Å². The first kappa shape index (κ1) is 16.8. The summed E-state index contributed by atoms with van der Waals surface area (Å²) in [7, 11) is 0. The molecule has 0 bridgehead atoms. The number of ether oxygens (including phenoxy) is 2. The molecular weight excluding hydrogens is 316 g/mol. The van der Waals surface area contributed by atoms with Crippen molar-refractivity contribution in [2.45, 2.75) is 13.8 Å². The molecule has 3 rings (SSSR count). The third-order valence-corrected chi connectivity index (χ3v) is 3.61. The van der Waals surface area contributed by atoms with Crippen molar-refractivity contribution in [2.24, 2.45) is 4.99 Å². The highest BCUT2D eigenvalue weighted by Crippen LogP contribution is 2.29. The molecule has 1 aliphatic heterocycles. The Hall–Kier alpha value is -3.08. The van der Waals surface area contributed by atoms with Gasteiger partial charge in [-0.2, -0.15) is 0 Å². The van der Waals surface area contributed by atoms with Crippen LogP contribution in [0, 0.1) is 0 Å². The van der Waals surface area contributed by atoms with E-state index in [-0.39, 0.29) is 5.91 Å². The van der Waals surface area contributed by atoms with Gasteiger partial charge in [-0.25, -0.2) is 4.99 Å². The smallest absolute Gasteiger partial charge is 0.275 e. The summed E-state index contributed by atoms with van der Waals surface area (Å²) < 4.78 is 11.2. The molecule has 25 heavy (non-hydrogen) atoms. The summed E-state index contributed by atoms with van der Waals surface area (Å²) in [6.07, 6.45) is 1.74. The first-order valence-electron chi connectivity index (χ1n) is 8.28. The van der Waals surface area contributed by atoms with Gasteiger partial charge in [-0.3, -0.25) is 4.79 Å². The molecular formula is C20H20N2O3. The van der Waals surface area contributed by atoms with Crippen LogP contribution in [0.4, 0.5) is 0 Å². The number of nitrogens with zero attached hydrogens (tertiary/aromatic N) is 1. The molecule has 2 aromatic rings. The molecule has 0 fully saturated rings. The van der Waals surface area contributed by atoms with E-state index in [0.29, 0.717) is 36.2 Å². The van der Waals surface area contributed by atoms with Gasteiger partial charge in [-0.05, 0) is 37.6 Å². The van der Waals surface area contributed by atoms with Crippen LogP contribution in [0.5, 0.6) is 11.5 Å². The van der Waals surface area contributed by atoms with Crippen molar-refractivity contribution < 1.29 is 14.3 Å². The van der Waals surface area contributed by atoms with Gasteiger partial charge in [0, 0.05) is 5.56 Å². The van der Waals surface area contributed by atoms with E-state index in [4.69, 9.17) is 9.47 Å². The van der Waals surface area contributed by atoms with Gasteiger partial charge in [-0.1, -0.05) is 36.4 Å². The Bertz CT molecular complexity index is 826. The lowest BCUT2D eigenvalue weighted by atomic mass is 10.1. The summed E-state index contributed by atoms with van der Waals surface area (Å²) in [4.78, 5) is 16.6. The Balaban J connectivity index is 1.90. The molecule has 0 atom stereocenters. The lowest BCUT2D eigenvalue weighted by Crippen LogP contribution is -2.24. The molecule has 5 nitrogen and oxygen atoms in total. The number of carbonyl (C=O) groups excluding carboxylic acids is 1. The highest BCUT2D eigenvalue weighted by molar-refractivity contribution is 6.19. The molecule has 0 spiro atoms. The standard InChI is InChI=1S/C20H20N2O3/c1-3-24-17-11-10-14(13-18(17)25-4-2)12-16-20(23)22-19(21-16)15-8-6-5-7-9-15/h5-13H,3-4H2,1-2H3,(H,21,22,23)/b16-12-. The maximum atomic E-state index is 12.2. The van der Waals surface area contributed by atoms with Gasteiger partial charge in [0.15, 0.2) is 11.5 Å². The Kier molecular flexibility index (Phi) is 5.14. The highest BCUT2D eigenvalue weighted by atomic mass is 16.5. The average molecular weight is 336 g/mol. The first-order chi connectivity index (χ1) is 12.2. The van der Waals surface area contributed by atoms with E-state index < -0.39 is 0 Å². The van der Waals surface area contributed by atoms with Crippen molar-refractivity contribution in [3.05, 3.63) is 65.4 Å². The summed E-state index contributed by atoms with van der Waals surface area (Å²) in [5, 5.41) is 2.80. The highest BCUT2D eigenvalue weighted by Gasteiger charge is 2.21. The zero-order chi connectivity index (χ0) is 17.6. The molecule has 0 radical (unpaired) electrons. The summed E-state index contributed by atoms with van der Waals surface area (Å²) in [5.74, 6) is 1.69. The lowest BCUT2D eigenvalue weighted by molar-refractivity contribution is -0.115. The summed E-state index contributed by atoms with van der Waals surface area (Å²) >= 11 is 0. The second-order valence-corrected chi connectivity index (χ2v) is 5.38. The Morgan fingerprint density at radius 3 is 2.44 bits per heavy atom. The Morgan fingerprint density at radius 2 is 1.72 bits per heavy atom. The molecule has 0 aliphatic carbocycles. The van der Waals surface area contributed by atoms with Crippen LogP contribution in [0.3, 0.4) is 0 Å². The van der Waals surface area contributed by atoms with E-state index in [9.17, 15) is 4.79 Å². The molecule has 128 valence electrons. The van der Waals surface area contributed by atoms with E-state index >= 15 is 0 Å². The predicted molar refractivity (Wildman–Crippen MR) is 97.9 cm³/mol. The van der Waals surface area contributed by atoms with Crippen LogP contribution < -0.4 is 14.8 Å². The normalized spacial score (nSPS) is 15.0. The summed E-state index contributed by atoms with van der Waals surface area (Å²) in [5.41, 5.74) is 2.07. The van der Waals surface area contributed by atoms with Crippen molar-refractivity contribution in [1.82, 2.24) is 5.32 Å². The van der Waals surface area contributed by atoms with Crippen LogP contribution in [0.15, 0.2) is 59.2 Å². The minimum Gasteiger partial charge on any atom is -0.490 e. The van der Waals surface area contributed by atoms with Gasteiger partial charge in [0.1, 0.15) is 11.5 Å². The van der Waals surface area contributed by atoms with Gasteiger partial charge in [0.25, 0.3) is 5.91 Å². The van der Waals surface area contributed by atoms with Crippen molar-refractivity contribution in [3.63, 3.8) is 0 Å². The van der Waals surface area contributed by atoms with Gasteiger partial charge >= 0.3 is 0 Å². The SMILES string of the molecule is CCOc1ccc(/C=C2\N=C(c3ccccc3)NC2=O)cc1OCC. The average Bonchev–Trinajstić information content (AvgIpc) is 2.99. The fourth-order valence-corrected chi connectivity index (χ4v) is 2.52. The van der Waals surface area contributed by atoms with Crippen LogP contribution in [-0.2, 0) is 4.79 Å². The minimum atomic E-state index is -0.217. The third kappa shape index (κ3) is 3.88.